The van der Waals surface area contributed by atoms with Crippen molar-refractivity contribution in [3.63, 3.8) is 0 Å². The maximum Gasteiger partial charge on any atom is 0.279 e. The van der Waals surface area contributed by atoms with Crippen LogP contribution >= 0.6 is 11.8 Å². The Morgan fingerprint density at radius 2 is 1.88 bits per heavy atom. The number of thioether (sulfide) groups is 1. The standard InChI is InChI=1S/C14H19NOS/c16-14(17-13-9-5-2-6-10-13)15-11-12-7-3-1-4-8-12/h1,3-4,7-8,13H,2,5-6,9-11H2,(H,15,16). The van der Waals surface area contributed by atoms with Gasteiger partial charge in [0.25, 0.3) is 5.24 Å². The largest absolute Gasteiger partial charge is 0.343 e. The first-order valence-corrected chi connectivity index (χ1v) is 7.21. The molecule has 0 atom stereocenters. The molecule has 1 amide bonds. The molecule has 0 aliphatic heterocycles. The summed E-state index contributed by atoms with van der Waals surface area (Å²) < 4.78 is 0. The summed E-state index contributed by atoms with van der Waals surface area (Å²) in [4.78, 5) is 11.7. The summed E-state index contributed by atoms with van der Waals surface area (Å²) in [6.07, 6.45) is 6.29. The molecule has 0 radical (unpaired) electrons. The molecule has 1 N–H and O–H groups in total. The van der Waals surface area contributed by atoms with E-state index in [1.54, 1.807) is 0 Å². The zero-order valence-electron chi connectivity index (χ0n) is 10.0. The summed E-state index contributed by atoms with van der Waals surface area (Å²) in [7, 11) is 0. The quantitative estimate of drug-likeness (QED) is 0.878. The van der Waals surface area contributed by atoms with Crippen molar-refractivity contribution >= 4 is 17.0 Å². The summed E-state index contributed by atoms with van der Waals surface area (Å²) in [5, 5.41) is 3.64. The Balaban J connectivity index is 1.70. The first-order valence-electron chi connectivity index (χ1n) is 6.33. The van der Waals surface area contributed by atoms with Crippen molar-refractivity contribution < 1.29 is 4.79 Å². The molecule has 2 rings (SSSR count). The molecule has 0 aromatic heterocycles. The van der Waals surface area contributed by atoms with Crippen LogP contribution in [0.2, 0.25) is 0 Å². The van der Waals surface area contributed by atoms with Crippen LogP contribution in [0.1, 0.15) is 37.7 Å². The van der Waals surface area contributed by atoms with Gasteiger partial charge in [0.1, 0.15) is 0 Å². The maximum absolute atomic E-state index is 11.7. The van der Waals surface area contributed by atoms with Gasteiger partial charge in [0.05, 0.1) is 0 Å². The van der Waals surface area contributed by atoms with Crippen LogP contribution in [0.15, 0.2) is 30.3 Å². The van der Waals surface area contributed by atoms with Crippen LogP contribution in [0.3, 0.4) is 0 Å². The first-order chi connectivity index (χ1) is 8.34. The van der Waals surface area contributed by atoms with Gasteiger partial charge in [-0.2, -0.15) is 0 Å². The Kier molecular flexibility index (Phi) is 4.92. The molecule has 0 saturated heterocycles. The van der Waals surface area contributed by atoms with Crippen molar-refractivity contribution in [3.8, 4) is 0 Å². The number of benzene rings is 1. The maximum atomic E-state index is 11.7. The van der Waals surface area contributed by atoms with E-state index in [1.807, 2.05) is 30.3 Å². The predicted octanol–water partition coefficient (Wildman–Crippen LogP) is 3.96. The van der Waals surface area contributed by atoms with Gasteiger partial charge in [0.15, 0.2) is 0 Å². The van der Waals surface area contributed by atoms with Gasteiger partial charge < -0.3 is 5.32 Å². The predicted molar refractivity (Wildman–Crippen MR) is 73.1 cm³/mol. The van der Waals surface area contributed by atoms with Gasteiger partial charge in [0.2, 0.25) is 0 Å². The number of amides is 1. The molecule has 92 valence electrons. The fourth-order valence-corrected chi connectivity index (χ4v) is 3.17. The molecular weight excluding hydrogens is 230 g/mol. The number of nitrogens with one attached hydrogen (secondary N) is 1. The number of carbonyl (C=O) groups excluding carboxylic acids is 1. The van der Waals surface area contributed by atoms with Crippen LogP contribution in [-0.4, -0.2) is 10.5 Å². The highest BCUT2D eigenvalue weighted by molar-refractivity contribution is 8.14. The highest BCUT2D eigenvalue weighted by atomic mass is 32.2. The van der Waals surface area contributed by atoms with Gasteiger partial charge in [-0.3, -0.25) is 4.79 Å². The smallest absolute Gasteiger partial charge is 0.279 e. The number of hydrogen-bond acceptors (Lipinski definition) is 2. The van der Waals surface area contributed by atoms with Crippen molar-refractivity contribution in [1.82, 2.24) is 5.32 Å². The molecule has 1 aliphatic carbocycles. The lowest BCUT2D eigenvalue weighted by molar-refractivity contribution is 0.260. The zero-order valence-corrected chi connectivity index (χ0v) is 10.8. The lowest BCUT2D eigenvalue weighted by atomic mass is 10.0. The molecule has 2 nitrogen and oxygen atoms in total. The van der Waals surface area contributed by atoms with Crippen LogP contribution < -0.4 is 5.32 Å². The number of hydrogen-bond donors (Lipinski definition) is 1. The Morgan fingerprint density at radius 1 is 1.18 bits per heavy atom. The minimum absolute atomic E-state index is 0.126. The molecular formula is C14H19NOS. The van der Waals surface area contributed by atoms with E-state index in [4.69, 9.17) is 0 Å². The molecule has 1 fully saturated rings. The summed E-state index contributed by atoms with van der Waals surface area (Å²) in [6, 6.07) is 10.0. The van der Waals surface area contributed by atoms with Crippen LogP contribution in [0.4, 0.5) is 4.79 Å². The molecule has 1 aromatic carbocycles. The van der Waals surface area contributed by atoms with E-state index in [2.05, 4.69) is 5.32 Å². The average molecular weight is 249 g/mol. The van der Waals surface area contributed by atoms with E-state index in [0.29, 0.717) is 11.8 Å². The second kappa shape index (κ2) is 6.70. The molecule has 0 spiro atoms. The SMILES string of the molecule is O=C(NCc1ccccc1)SC1CCCCC1. The lowest BCUT2D eigenvalue weighted by Gasteiger charge is -2.20. The van der Waals surface area contributed by atoms with Crippen LogP contribution in [0, 0.1) is 0 Å². The lowest BCUT2D eigenvalue weighted by Crippen LogP contribution is -2.21. The van der Waals surface area contributed by atoms with Crippen LogP contribution in [-0.2, 0) is 6.54 Å². The van der Waals surface area contributed by atoms with Crippen LogP contribution in [0.25, 0.3) is 0 Å². The van der Waals surface area contributed by atoms with Crippen molar-refractivity contribution in [1.29, 1.82) is 0 Å². The van der Waals surface area contributed by atoms with Crippen molar-refractivity contribution in [2.24, 2.45) is 0 Å². The fraction of sp³-hybridized carbons (Fsp3) is 0.500. The van der Waals surface area contributed by atoms with Gasteiger partial charge in [-0.25, -0.2) is 0 Å². The number of carbonyl (C=O) groups is 1. The van der Waals surface area contributed by atoms with E-state index in [-0.39, 0.29) is 5.24 Å². The van der Waals surface area contributed by atoms with Gasteiger partial charge in [0, 0.05) is 11.8 Å². The molecule has 0 heterocycles. The third-order valence-corrected chi connectivity index (χ3v) is 4.27. The summed E-state index contributed by atoms with van der Waals surface area (Å²) in [5.74, 6) is 0. The minimum Gasteiger partial charge on any atom is -0.343 e. The Morgan fingerprint density at radius 3 is 2.59 bits per heavy atom. The Labute approximate surface area is 107 Å². The topological polar surface area (TPSA) is 29.1 Å². The highest BCUT2D eigenvalue weighted by Crippen LogP contribution is 2.28. The van der Waals surface area contributed by atoms with E-state index in [9.17, 15) is 4.79 Å². The Hall–Kier alpha value is -0.960. The summed E-state index contributed by atoms with van der Waals surface area (Å²) in [5.41, 5.74) is 1.16. The van der Waals surface area contributed by atoms with E-state index >= 15 is 0 Å². The molecule has 3 heteroatoms. The Bertz CT molecular complexity index is 346. The highest BCUT2D eigenvalue weighted by Gasteiger charge is 2.17. The molecule has 1 aliphatic rings. The van der Waals surface area contributed by atoms with E-state index < -0.39 is 0 Å². The monoisotopic (exact) mass is 249 g/mol. The summed E-state index contributed by atoms with van der Waals surface area (Å²) in [6.45, 7) is 0.638. The minimum atomic E-state index is 0.126. The van der Waals surface area contributed by atoms with E-state index in [0.717, 1.165) is 5.56 Å². The van der Waals surface area contributed by atoms with Crippen LogP contribution in [0.5, 0.6) is 0 Å². The van der Waals surface area contributed by atoms with Gasteiger partial charge in [-0.15, -0.1) is 0 Å². The molecule has 1 saturated carbocycles. The second-order valence-electron chi connectivity index (χ2n) is 4.50. The first kappa shape index (κ1) is 12.5. The molecule has 1 aromatic rings. The van der Waals surface area contributed by atoms with Gasteiger partial charge >= 0.3 is 0 Å². The van der Waals surface area contributed by atoms with Crippen molar-refractivity contribution in [3.05, 3.63) is 35.9 Å². The van der Waals surface area contributed by atoms with Crippen molar-refractivity contribution in [2.45, 2.75) is 43.9 Å². The molecule has 0 unspecified atom stereocenters. The third kappa shape index (κ3) is 4.43. The molecule has 0 bridgehead atoms. The zero-order chi connectivity index (χ0) is 11.9. The van der Waals surface area contributed by atoms with Crippen molar-refractivity contribution in [2.75, 3.05) is 0 Å². The number of rotatable bonds is 3. The fourth-order valence-electron chi connectivity index (χ4n) is 2.15. The molecule has 17 heavy (non-hydrogen) atoms. The van der Waals surface area contributed by atoms with Gasteiger partial charge in [-0.1, -0.05) is 61.4 Å². The normalized spacial score (nSPS) is 16.7. The third-order valence-electron chi connectivity index (χ3n) is 3.11. The summed E-state index contributed by atoms with van der Waals surface area (Å²) >= 11 is 1.49. The van der Waals surface area contributed by atoms with Gasteiger partial charge in [-0.05, 0) is 18.4 Å². The second-order valence-corrected chi connectivity index (χ2v) is 5.78. The van der Waals surface area contributed by atoms with E-state index in [1.165, 1.54) is 43.9 Å². The average Bonchev–Trinajstić information content (AvgIpc) is 2.39.